The molecule has 80 valence electrons. The number of benzene rings is 1. The minimum absolute atomic E-state index is 0.127. The number of Topliss-reactive ketones (excluding diaryl/α,β-unsaturated/α-hetero) is 1. The molecular weight excluding hydrogens is 191 g/mol. The topological polar surface area (TPSA) is 17.1 Å². The number of rotatable bonds is 2. The zero-order valence-electron chi connectivity index (χ0n) is 9.30. The number of ketones is 1. The summed E-state index contributed by atoms with van der Waals surface area (Å²) in [5, 5.41) is 0. The Balaban J connectivity index is 2.27. The van der Waals surface area contributed by atoms with Crippen LogP contribution in [0.4, 0.5) is 4.39 Å². The summed E-state index contributed by atoms with van der Waals surface area (Å²) in [7, 11) is 0. The predicted molar refractivity (Wildman–Crippen MR) is 57.4 cm³/mol. The van der Waals surface area contributed by atoms with E-state index in [4.69, 9.17) is 0 Å². The first-order valence-electron chi connectivity index (χ1n) is 5.22. The van der Waals surface area contributed by atoms with Gasteiger partial charge in [-0.3, -0.25) is 4.79 Å². The highest BCUT2D eigenvalue weighted by Crippen LogP contribution is 2.53. The van der Waals surface area contributed by atoms with Gasteiger partial charge in [-0.15, -0.1) is 0 Å². The van der Waals surface area contributed by atoms with Crippen LogP contribution in [0.5, 0.6) is 0 Å². The van der Waals surface area contributed by atoms with Gasteiger partial charge in [-0.05, 0) is 42.5 Å². The molecule has 1 aromatic rings. The first-order valence-corrected chi connectivity index (χ1v) is 5.22. The fourth-order valence-electron chi connectivity index (χ4n) is 2.01. The lowest BCUT2D eigenvalue weighted by atomic mass is 9.98. The molecule has 0 N–H and O–H groups in total. The second-order valence-corrected chi connectivity index (χ2v) is 5.07. The lowest BCUT2D eigenvalue weighted by Gasteiger charge is -2.06. The van der Waals surface area contributed by atoms with Gasteiger partial charge in [0.15, 0.2) is 5.78 Å². The van der Waals surface area contributed by atoms with Crippen molar-refractivity contribution in [2.24, 2.45) is 11.3 Å². The van der Waals surface area contributed by atoms with Crippen LogP contribution < -0.4 is 0 Å². The van der Waals surface area contributed by atoms with Gasteiger partial charge in [0.05, 0.1) is 0 Å². The van der Waals surface area contributed by atoms with Gasteiger partial charge in [0.25, 0.3) is 0 Å². The third-order valence-corrected chi connectivity index (χ3v) is 3.28. The van der Waals surface area contributed by atoms with Gasteiger partial charge >= 0.3 is 0 Å². The molecule has 1 fully saturated rings. The van der Waals surface area contributed by atoms with Crippen molar-refractivity contribution in [3.05, 3.63) is 35.1 Å². The summed E-state index contributed by atoms with van der Waals surface area (Å²) in [6.07, 6.45) is 0.947. The molecule has 0 aliphatic heterocycles. The smallest absolute Gasteiger partial charge is 0.166 e. The fourth-order valence-corrected chi connectivity index (χ4v) is 2.01. The molecule has 2 rings (SSSR count). The SMILES string of the molecule is Cc1cc(F)ccc1C(=O)C1CC1(C)C. The third kappa shape index (κ3) is 1.81. The molecule has 0 amide bonds. The van der Waals surface area contributed by atoms with Crippen LogP contribution >= 0.6 is 0 Å². The van der Waals surface area contributed by atoms with E-state index in [1.54, 1.807) is 13.0 Å². The Bertz CT molecular complexity index is 421. The summed E-state index contributed by atoms with van der Waals surface area (Å²) in [5.41, 5.74) is 1.55. The zero-order chi connectivity index (χ0) is 11.2. The van der Waals surface area contributed by atoms with Crippen molar-refractivity contribution in [1.82, 2.24) is 0 Å². The van der Waals surface area contributed by atoms with E-state index < -0.39 is 0 Å². The molecule has 2 heteroatoms. The van der Waals surface area contributed by atoms with Crippen molar-refractivity contribution in [3.8, 4) is 0 Å². The summed E-state index contributed by atoms with van der Waals surface area (Å²) >= 11 is 0. The highest BCUT2D eigenvalue weighted by molar-refractivity contribution is 6.01. The van der Waals surface area contributed by atoms with Crippen LogP contribution in [0, 0.1) is 24.1 Å². The molecule has 1 aliphatic carbocycles. The molecule has 1 atom stereocenters. The van der Waals surface area contributed by atoms with Gasteiger partial charge < -0.3 is 0 Å². The van der Waals surface area contributed by atoms with Crippen LogP contribution in [0.3, 0.4) is 0 Å². The molecule has 0 radical (unpaired) electrons. The molecule has 1 saturated carbocycles. The van der Waals surface area contributed by atoms with E-state index in [1.807, 2.05) is 0 Å². The van der Waals surface area contributed by atoms with Crippen molar-refractivity contribution in [1.29, 1.82) is 0 Å². The second-order valence-electron chi connectivity index (χ2n) is 5.07. The second kappa shape index (κ2) is 3.16. The Hall–Kier alpha value is -1.18. The molecule has 0 heterocycles. The fraction of sp³-hybridized carbons (Fsp3) is 0.462. The first-order chi connectivity index (χ1) is 6.92. The molecule has 15 heavy (non-hydrogen) atoms. The summed E-state index contributed by atoms with van der Waals surface area (Å²) in [5.74, 6) is 0.0123. The van der Waals surface area contributed by atoms with E-state index in [0.29, 0.717) is 5.56 Å². The Morgan fingerprint density at radius 3 is 2.53 bits per heavy atom. The van der Waals surface area contributed by atoms with Crippen molar-refractivity contribution >= 4 is 5.78 Å². The highest BCUT2D eigenvalue weighted by atomic mass is 19.1. The number of carbonyl (C=O) groups is 1. The summed E-state index contributed by atoms with van der Waals surface area (Å²) < 4.78 is 12.9. The maximum absolute atomic E-state index is 12.9. The van der Waals surface area contributed by atoms with Crippen molar-refractivity contribution in [3.63, 3.8) is 0 Å². The standard InChI is InChI=1S/C13H15FO/c1-8-6-9(14)4-5-10(8)12(15)11-7-13(11,2)3/h4-6,11H,7H2,1-3H3. The lowest BCUT2D eigenvalue weighted by molar-refractivity contribution is 0.0952. The minimum Gasteiger partial charge on any atom is -0.294 e. The Labute approximate surface area is 89.3 Å². The maximum atomic E-state index is 12.9. The van der Waals surface area contributed by atoms with E-state index in [-0.39, 0.29) is 22.9 Å². The average Bonchev–Trinajstić information content (AvgIpc) is 2.74. The first kappa shape index (κ1) is 10.3. The highest BCUT2D eigenvalue weighted by Gasteiger charge is 2.50. The average molecular weight is 206 g/mol. The largest absolute Gasteiger partial charge is 0.294 e. The molecule has 0 saturated heterocycles. The molecule has 1 aliphatic rings. The van der Waals surface area contributed by atoms with Crippen LogP contribution in [0.25, 0.3) is 0 Å². The monoisotopic (exact) mass is 206 g/mol. The van der Waals surface area contributed by atoms with E-state index in [0.717, 1.165) is 12.0 Å². The van der Waals surface area contributed by atoms with Crippen LogP contribution in [-0.2, 0) is 0 Å². The summed E-state index contributed by atoms with van der Waals surface area (Å²) in [4.78, 5) is 12.0. The van der Waals surface area contributed by atoms with Crippen molar-refractivity contribution < 1.29 is 9.18 Å². The van der Waals surface area contributed by atoms with Gasteiger partial charge in [0.2, 0.25) is 0 Å². The lowest BCUT2D eigenvalue weighted by Crippen LogP contribution is -2.08. The van der Waals surface area contributed by atoms with E-state index in [1.165, 1.54) is 12.1 Å². The number of carbonyl (C=O) groups excluding carboxylic acids is 1. The van der Waals surface area contributed by atoms with Crippen molar-refractivity contribution in [2.45, 2.75) is 27.2 Å². The Morgan fingerprint density at radius 1 is 1.47 bits per heavy atom. The van der Waals surface area contributed by atoms with E-state index in [9.17, 15) is 9.18 Å². The van der Waals surface area contributed by atoms with Crippen molar-refractivity contribution in [2.75, 3.05) is 0 Å². The summed E-state index contributed by atoms with van der Waals surface area (Å²) in [6.45, 7) is 5.97. The number of halogens is 1. The molecule has 1 nitrogen and oxygen atoms in total. The molecule has 0 bridgehead atoms. The number of aryl methyl sites for hydroxylation is 1. The van der Waals surface area contributed by atoms with Gasteiger partial charge in [0, 0.05) is 11.5 Å². The quantitative estimate of drug-likeness (QED) is 0.678. The van der Waals surface area contributed by atoms with E-state index >= 15 is 0 Å². The van der Waals surface area contributed by atoms with Crippen LogP contribution in [0.1, 0.15) is 36.2 Å². The predicted octanol–water partition coefficient (Wildman–Crippen LogP) is 3.36. The normalized spacial score (nSPS) is 22.5. The molecular formula is C13H15FO. The van der Waals surface area contributed by atoms with Crippen LogP contribution in [-0.4, -0.2) is 5.78 Å². The van der Waals surface area contributed by atoms with Gasteiger partial charge in [0.1, 0.15) is 5.82 Å². The molecule has 0 spiro atoms. The molecule has 1 aromatic carbocycles. The van der Waals surface area contributed by atoms with E-state index in [2.05, 4.69) is 13.8 Å². The number of hydrogen-bond donors (Lipinski definition) is 0. The van der Waals surface area contributed by atoms with Crippen LogP contribution in [0.2, 0.25) is 0 Å². The maximum Gasteiger partial charge on any atom is 0.166 e. The number of hydrogen-bond acceptors (Lipinski definition) is 1. The summed E-state index contributed by atoms with van der Waals surface area (Å²) in [6, 6.07) is 4.37. The molecule has 1 unspecified atom stereocenters. The third-order valence-electron chi connectivity index (χ3n) is 3.28. The molecule has 0 aromatic heterocycles. The Kier molecular flexibility index (Phi) is 2.18. The Morgan fingerprint density at radius 2 is 2.07 bits per heavy atom. The van der Waals surface area contributed by atoms with Gasteiger partial charge in [-0.2, -0.15) is 0 Å². The minimum atomic E-state index is -0.279. The van der Waals surface area contributed by atoms with Crippen LogP contribution in [0.15, 0.2) is 18.2 Å². The van der Waals surface area contributed by atoms with Gasteiger partial charge in [-0.1, -0.05) is 13.8 Å². The van der Waals surface area contributed by atoms with Gasteiger partial charge in [-0.25, -0.2) is 4.39 Å². The zero-order valence-corrected chi connectivity index (χ0v) is 9.30.